The fraction of sp³-hybridized carbons (Fsp3) is 0.231. The first-order chi connectivity index (χ1) is 15.3. The van der Waals surface area contributed by atoms with Crippen LogP contribution in [0.2, 0.25) is 0 Å². The van der Waals surface area contributed by atoms with Gasteiger partial charge in [-0.15, -0.1) is 0 Å². The molecular formula is C26H26N4O. The van der Waals surface area contributed by atoms with Gasteiger partial charge in [0, 0.05) is 43.7 Å². The van der Waals surface area contributed by atoms with Crippen molar-refractivity contribution in [1.29, 1.82) is 0 Å². The molecule has 0 spiro atoms. The van der Waals surface area contributed by atoms with Crippen molar-refractivity contribution in [3.8, 4) is 17.1 Å². The summed E-state index contributed by atoms with van der Waals surface area (Å²) in [6.45, 7) is 4.94. The van der Waals surface area contributed by atoms with Crippen molar-refractivity contribution in [1.82, 2.24) is 14.9 Å². The summed E-state index contributed by atoms with van der Waals surface area (Å²) in [6, 6.07) is 26.9. The molecule has 5 heteroatoms. The van der Waals surface area contributed by atoms with E-state index in [0.717, 1.165) is 66.6 Å². The minimum absolute atomic E-state index is 0.753. The molecule has 1 aliphatic heterocycles. The molecule has 0 unspecified atom stereocenters. The SMILES string of the molecule is COc1ccc(-c2nc(N3CCN(Cc4ccccc4)CC3)c3ccccc3n2)cc1. The van der Waals surface area contributed by atoms with Crippen LogP contribution in [0.5, 0.6) is 5.75 Å². The lowest BCUT2D eigenvalue weighted by Crippen LogP contribution is -2.46. The Balaban J connectivity index is 1.41. The maximum Gasteiger partial charge on any atom is 0.162 e. The van der Waals surface area contributed by atoms with Crippen molar-refractivity contribution < 1.29 is 4.74 Å². The highest BCUT2D eigenvalue weighted by Crippen LogP contribution is 2.29. The highest BCUT2D eigenvalue weighted by molar-refractivity contribution is 5.91. The third-order valence-electron chi connectivity index (χ3n) is 5.85. The molecule has 2 heterocycles. The van der Waals surface area contributed by atoms with E-state index in [1.165, 1.54) is 5.56 Å². The molecule has 5 rings (SSSR count). The number of nitrogens with zero attached hydrogens (tertiary/aromatic N) is 4. The average molecular weight is 411 g/mol. The van der Waals surface area contributed by atoms with E-state index in [0.29, 0.717) is 0 Å². The van der Waals surface area contributed by atoms with Crippen LogP contribution in [-0.2, 0) is 6.54 Å². The number of methoxy groups -OCH3 is 1. The van der Waals surface area contributed by atoms with Gasteiger partial charge in [0.15, 0.2) is 5.82 Å². The monoisotopic (exact) mass is 410 g/mol. The molecule has 1 aromatic heterocycles. The van der Waals surface area contributed by atoms with Gasteiger partial charge in [-0.25, -0.2) is 9.97 Å². The predicted octanol–water partition coefficient (Wildman–Crippen LogP) is 4.63. The first-order valence-corrected chi connectivity index (χ1v) is 10.7. The molecule has 5 nitrogen and oxygen atoms in total. The Morgan fingerprint density at radius 3 is 2.23 bits per heavy atom. The number of para-hydroxylation sites is 1. The number of anilines is 1. The number of piperazine rings is 1. The van der Waals surface area contributed by atoms with Crippen LogP contribution in [0.3, 0.4) is 0 Å². The summed E-state index contributed by atoms with van der Waals surface area (Å²) < 4.78 is 5.29. The molecule has 0 radical (unpaired) electrons. The molecule has 4 aromatic rings. The van der Waals surface area contributed by atoms with Gasteiger partial charge >= 0.3 is 0 Å². The van der Waals surface area contributed by atoms with Gasteiger partial charge in [-0.3, -0.25) is 4.90 Å². The smallest absolute Gasteiger partial charge is 0.162 e. The van der Waals surface area contributed by atoms with Crippen LogP contribution in [0.1, 0.15) is 5.56 Å². The number of rotatable bonds is 5. The Labute approximate surface area is 182 Å². The van der Waals surface area contributed by atoms with E-state index in [4.69, 9.17) is 14.7 Å². The van der Waals surface area contributed by atoms with E-state index < -0.39 is 0 Å². The lowest BCUT2D eigenvalue weighted by atomic mass is 10.1. The Hall–Kier alpha value is -3.44. The summed E-state index contributed by atoms with van der Waals surface area (Å²) in [7, 11) is 1.68. The zero-order valence-electron chi connectivity index (χ0n) is 17.7. The standard InChI is InChI=1S/C26H26N4O/c1-31-22-13-11-21(12-14-22)25-27-24-10-6-5-9-23(24)26(28-25)30-17-15-29(16-18-30)19-20-7-3-2-4-8-20/h2-14H,15-19H2,1H3. The first-order valence-electron chi connectivity index (χ1n) is 10.7. The molecule has 0 amide bonds. The van der Waals surface area contributed by atoms with Crippen LogP contribution < -0.4 is 9.64 Å². The highest BCUT2D eigenvalue weighted by atomic mass is 16.5. The van der Waals surface area contributed by atoms with Crippen molar-refractivity contribution in [2.45, 2.75) is 6.54 Å². The summed E-state index contributed by atoms with van der Waals surface area (Å²) in [5, 5.41) is 1.11. The van der Waals surface area contributed by atoms with Crippen LogP contribution in [0.25, 0.3) is 22.3 Å². The molecule has 0 atom stereocenters. The van der Waals surface area contributed by atoms with E-state index in [9.17, 15) is 0 Å². The third kappa shape index (κ3) is 4.23. The van der Waals surface area contributed by atoms with Gasteiger partial charge in [-0.05, 0) is 42.0 Å². The van der Waals surface area contributed by atoms with Gasteiger partial charge in [0.2, 0.25) is 0 Å². The van der Waals surface area contributed by atoms with Crippen LogP contribution >= 0.6 is 0 Å². The Morgan fingerprint density at radius 1 is 0.774 bits per heavy atom. The van der Waals surface area contributed by atoms with Crippen molar-refractivity contribution in [3.63, 3.8) is 0 Å². The van der Waals surface area contributed by atoms with Crippen LogP contribution in [0, 0.1) is 0 Å². The van der Waals surface area contributed by atoms with E-state index >= 15 is 0 Å². The molecule has 0 bridgehead atoms. The summed E-state index contributed by atoms with van der Waals surface area (Å²) in [5.74, 6) is 2.61. The maximum atomic E-state index is 5.29. The first kappa shape index (κ1) is 19.5. The number of ether oxygens (including phenoxy) is 1. The molecule has 31 heavy (non-hydrogen) atoms. The van der Waals surface area contributed by atoms with E-state index in [1.807, 2.05) is 30.3 Å². The van der Waals surface area contributed by atoms with Gasteiger partial charge < -0.3 is 9.64 Å². The lowest BCUT2D eigenvalue weighted by Gasteiger charge is -2.36. The van der Waals surface area contributed by atoms with Crippen molar-refractivity contribution in [2.75, 3.05) is 38.2 Å². The largest absolute Gasteiger partial charge is 0.497 e. The van der Waals surface area contributed by atoms with Crippen LogP contribution in [-0.4, -0.2) is 48.2 Å². The molecule has 0 saturated carbocycles. The van der Waals surface area contributed by atoms with Gasteiger partial charge in [0.25, 0.3) is 0 Å². The van der Waals surface area contributed by atoms with Crippen LogP contribution in [0.4, 0.5) is 5.82 Å². The normalized spacial score (nSPS) is 14.7. The number of hydrogen-bond acceptors (Lipinski definition) is 5. The Bertz CT molecular complexity index is 1150. The second-order valence-corrected chi connectivity index (χ2v) is 7.87. The molecule has 0 N–H and O–H groups in total. The molecule has 1 aliphatic rings. The number of aromatic nitrogens is 2. The Kier molecular flexibility index (Phi) is 5.50. The van der Waals surface area contributed by atoms with E-state index in [2.05, 4.69) is 58.3 Å². The molecular weight excluding hydrogens is 384 g/mol. The van der Waals surface area contributed by atoms with E-state index in [-0.39, 0.29) is 0 Å². The minimum atomic E-state index is 0.753. The maximum absolute atomic E-state index is 5.29. The fourth-order valence-corrected chi connectivity index (χ4v) is 4.13. The van der Waals surface area contributed by atoms with Gasteiger partial charge in [0.1, 0.15) is 11.6 Å². The van der Waals surface area contributed by atoms with Gasteiger partial charge in [0.05, 0.1) is 12.6 Å². The zero-order chi connectivity index (χ0) is 21.0. The second-order valence-electron chi connectivity index (χ2n) is 7.87. The van der Waals surface area contributed by atoms with Crippen LogP contribution in [0.15, 0.2) is 78.9 Å². The van der Waals surface area contributed by atoms with Crippen molar-refractivity contribution in [3.05, 3.63) is 84.4 Å². The predicted molar refractivity (Wildman–Crippen MR) is 125 cm³/mol. The minimum Gasteiger partial charge on any atom is -0.497 e. The number of hydrogen-bond donors (Lipinski definition) is 0. The van der Waals surface area contributed by atoms with E-state index in [1.54, 1.807) is 7.11 Å². The molecule has 3 aromatic carbocycles. The molecule has 0 aliphatic carbocycles. The summed E-state index contributed by atoms with van der Waals surface area (Å²) >= 11 is 0. The van der Waals surface area contributed by atoms with Gasteiger partial charge in [-0.1, -0.05) is 42.5 Å². The van der Waals surface area contributed by atoms with Crippen molar-refractivity contribution in [2.24, 2.45) is 0 Å². The number of fused-ring (bicyclic) bond motifs is 1. The lowest BCUT2D eigenvalue weighted by molar-refractivity contribution is 0.249. The summed E-state index contributed by atoms with van der Waals surface area (Å²) in [5.41, 5.74) is 3.34. The quantitative estimate of drug-likeness (QED) is 0.480. The average Bonchev–Trinajstić information content (AvgIpc) is 2.84. The zero-order valence-corrected chi connectivity index (χ0v) is 17.7. The molecule has 156 valence electrons. The molecule has 1 fully saturated rings. The second kappa shape index (κ2) is 8.74. The fourth-order valence-electron chi connectivity index (χ4n) is 4.13. The topological polar surface area (TPSA) is 41.5 Å². The third-order valence-corrected chi connectivity index (χ3v) is 5.85. The highest BCUT2D eigenvalue weighted by Gasteiger charge is 2.21. The number of benzene rings is 3. The summed E-state index contributed by atoms with van der Waals surface area (Å²) in [4.78, 5) is 14.8. The molecule has 1 saturated heterocycles. The van der Waals surface area contributed by atoms with Crippen molar-refractivity contribution >= 4 is 16.7 Å². The Morgan fingerprint density at radius 2 is 1.48 bits per heavy atom. The van der Waals surface area contributed by atoms with Gasteiger partial charge in [-0.2, -0.15) is 0 Å². The summed E-state index contributed by atoms with van der Waals surface area (Å²) in [6.07, 6.45) is 0.